The summed E-state index contributed by atoms with van der Waals surface area (Å²) in [5.41, 5.74) is 1.31. The number of rotatable bonds is 9. The summed E-state index contributed by atoms with van der Waals surface area (Å²) in [6.07, 6.45) is 1.88. The first-order valence-electron chi connectivity index (χ1n) is 9.11. The van der Waals surface area contributed by atoms with E-state index in [4.69, 9.17) is 18.9 Å². The lowest BCUT2D eigenvalue weighted by Crippen LogP contribution is -2.29. The van der Waals surface area contributed by atoms with Crippen LogP contribution in [0.3, 0.4) is 0 Å². The standard InChI is InChI=1S/C22H25NO6/c1-5-28-19-12-6-16(14-20(19)27-4)7-13-21(24)29-15(2)22(25)23-17-8-10-18(26-3)11-9-17/h6-15H,5H2,1-4H3,(H,23,25)/b13-7+/t15-/m0/s1. The number of benzene rings is 2. The van der Waals surface area contributed by atoms with Gasteiger partial charge in [0.05, 0.1) is 20.8 Å². The van der Waals surface area contributed by atoms with Gasteiger partial charge < -0.3 is 24.3 Å². The number of hydrogen-bond acceptors (Lipinski definition) is 6. The van der Waals surface area contributed by atoms with E-state index in [1.54, 1.807) is 62.8 Å². The zero-order valence-corrected chi connectivity index (χ0v) is 16.9. The second-order valence-corrected chi connectivity index (χ2v) is 5.97. The summed E-state index contributed by atoms with van der Waals surface area (Å²) in [5, 5.41) is 2.68. The molecule has 0 aliphatic rings. The van der Waals surface area contributed by atoms with Gasteiger partial charge in [0.25, 0.3) is 5.91 Å². The predicted molar refractivity (Wildman–Crippen MR) is 110 cm³/mol. The fraction of sp³-hybridized carbons (Fsp3) is 0.273. The van der Waals surface area contributed by atoms with Crippen LogP contribution in [0.1, 0.15) is 19.4 Å². The molecule has 0 fully saturated rings. The minimum Gasteiger partial charge on any atom is -0.497 e. The molecule has 7 nitrogen and oxygen atoms in total. The maximum atomic E-state index is 12.2. The zero-order valence-electron chi connectivity index (χ0n) is 16.9. The van der Waals surface area contributed by atoms with Crippen molar-refractivity contribution in [3.05, 3.63) is 54.1 Å². The van der Waals surface area contributed by atoms with Crippen LogP contribution in [0.2, 0.25) is 0 Å². The molecule has 0 saturated heterocycles. The molecule has 2 rings (SSSR count). The third kappa shape index (κ3) is 6.57. The summed E-state index contributed by atoms with van der Waals surface area (Å²) in [6, 6.07) is 12.1. The van der Waals surface area contributed by atoms with Crippen molar-refractivity contribution in [3.8, 4) is 17.2 Å². The number of ether oxygens (including phenoxy) is 4. The van der Waals surface area contributed by atoms with Gasteiger partial charge in [-0.15, -0.1) is 0 Å². The summed E-state index contributed by atoms with van der Waals surface area (Å²) >= 11 is 0. The van der Waals surface area contributed by atoms with Gasteiger partial charge in [0, 0.05) is 11.8 Å². The normalized spacial score (nSPS) is 11.6. The molecule has 2 aromatic rings. The number of hydrogen-bond donors (Lipinski definition) is 1. The van der Waals surface area contributed by atoms with Crippen LogP contribution in [0, 0.1) is 0 Å². The number of amides is 1. The third-order valence-corrected chi connectivity index (χ3v) is 3.92. The highest BCUT2D eigenvalue weighted by atomic mass is 16.5. The number of anilines is 1. The molecule has 154 valence electrons. The topological polar surface area (TPSA) is 83.1 Å². The van der Waals surface area contributed by atoms with E-state index < -0.39 is 18.0 Å². The number of methoxy groups -OCH3 is 2. The molecule has 0 aliphatic carbocycles. The van der Waals surface area contributed by atoms with Crippen molar-refractivity contribution in [1.82, 2.24) is 0 Å². The van der Waals surface area contributed by atoms with E-state index in [2.05, 4.69) is 5.32 Å². The lowest BCUT2D eigenvalue weighted by atomic mass is 10.2. The van der Waals surface area contributed by atoms with Gasteiger partial charge in [-0.05, 0) is 61.9 Å². The Morgan fingerprint density at radius 3 is 2.38 bits per heavy atom. The van der Waals surface area contributed by atoms with Crippen molar-refractivity contribution in [2.75, 3.05) is 26.1 Å². The van der Waals surface area contributed by atoms with Crippen LogP contribution in [0.5, 0.6) is 17.2 Å². The van der Waals surface area contributed by atoms with E-state index in [-0.39, 0.29) is 0 Å². The highest BCUT2D eigenvalue weighted by Gasteiger charge is 2.16. The largest absolute Gasteiger partial charge is 0.497 e. The number of nitrogens with one attached hydrogen (secondary N) is 1. The van der Waals surface area contributed by atoms with Crippen LogP contribution < -0.4 is 19.5 Å². The van der Waals surface area contributed by atoms with Gasteiger partial charge in [-0.3, -0.25) is 4.79 Å². The van der Waals surface area contributed by atoms with Gasteiger partial charge in [-0.2, -0.15) is 0 Å². The highest BCUT2D eigenvalue weighted by molar-refractivity contribution is 5.96. The van der Waals surface area contributed by atoms with Crippen LogP contribution in [0.25, 0.3) is 6.08 Å². The van der Waals surface area contributed by atoms with E-state index in [1.165, 1.54) is 13.0 Å². The third-order valence-electron chi connectivity index (χ3n) is 3.92. The van der Waals surface area contributed by atoms with Crippen LogP contribution in [-0.4, -0.2) is 38.8 Å². The van der Waals surface area contributed by atoms with Gasteiger partial charge in [-0.25, -0.2) is 4.79 Å². The highest BCUT2D eigenvalue weighted by Crippen LogP contribution is 2.28. The van der Waals surface area contributed by atoms with Crippen LogP contribution >= 0.6 is 0 Å². The molecule has 29 heavy (non-hydrogen) atoms. The Morgan fingerprint density at radius 1 is 1.03 bits per heavy atom. The van der Waals surface area contributed by atoms with Gasteiger partial charge in [0.15, 0.2) is 17.6 Å². The quantitative estimate of drug-likeness (QED) is 0.512. The van der Waals surface area contributed by atoms with E-state index in [1.807, 2.05) is 6.92 Å². The average molecular weight is 399 g/mol. The first-order chi connectivity index (χ1) is 14.0. The first-order valence-corrected chi connectivity index (χ1v) is 9.11. The number of esters is 1. The molecule has 0 bridgehead atoms. The second-order valence-electron chi connectivity index (χ2n) is 5.97. The molecule has 0 saturated carbocycles. The van der Waals surface area contributed by atoms with Gasteiger partial charge in [0.1, 0.15) is 5.75 Å². The Hall–Kier alpha value is -3.48. The molecule has 1 amide bonds. The van der Waals surface area contributed by atoms with Crippen LogP contribution in [-0.2, 0) is 14.3 Å². The van der Waals surface area contributed by atoms with E-state index in [9.17, 15) is 9.59 Å². The van der Waals surface area contributed by atoms with Crippen molar-refractivity contribution in [3.63, 3.8) is 0 Å². The maximum Gasteiger partial charge on any atom is 0.331 e. The lowest BCUT2D eigenvalue weighted by molar-refractivity contribution is -0.148. The Kier molecular flexibility index (Phi) is 8.09. The Bertz CT molecular complexity index is 860. The molecule has 1 atom stereocenters. The molecule has 1 N–H and O–H groups in total. The monoisotopic (exact) mass is 399 g/mol. The summed E-state index contributed by atoms with van der Waals surface area (Å²) < 4.78 is 21.0. The fourth-order valence-electron chi connectivity index (χ4n) is 2.41. The summed E-state index contributed by atoms with van der Waals surface area (Å²) in [7, 11) is 3.11. The molecule has 0 spiro atoms. The lowest BCUT2D eigenvalue weighted by Gasteiger charge is -2.12. The van der Waals surface area contributed by atoms with E-state index in [0.29, 0.717) is 29.5 Å². The zero-order chi connectivity index (χ0) is 21.2. The van der Waals surface area contributed by atoms with Gasteiger partial charge in [-0.1, -0.05) is 6.07 Å². The van der Waals surface area contributed by atoms with Crippen molar-refractivity contribution in [2.24, 2.45) is 0 Å². The minimum absolute atomic E-state index is 0.431. The molecular formula is C22H25NO6. The molecule has 7 heteroatoms. The first kappa shape index (κ1) is 21.8. The van der Waals surface area contributed by atoms with E-state index in [0.717, 1.165) is 5.56 Å². The SMILES string of the molecule is CCOc1ccc(/C=C/C(=O)O[C@@H](C)C(=O)Nc2ccc(OC)cc2)cc1OC. The summed E-state index contributed by atoms with van der Waals surface area (Å²) in [4.78, 5) is 24.2. The Balaban J connectivity index is 1.92. The van der Waals surface area contributed by atoms with Crippen LogP contribution in [0.4, 0.5) is 5.69 Å². The molecule has 0 aliphatic heterocycles. The molecule has 0 aromatic heterocycles. The Morgan fingerprint density at radius 2 is 1.76 bits per heavy atom. The van der Waals surface area contributed by atoms with Crippen molar-refractivity contribution in [1.29, 1.82) is 0 Å². The van der Waals surface area contributed by atoms with Gasteiger partial charge in [0.2, 0.25) is 0 Å². The fourth-order valence-corrected chi connectivity index (χ4v) is 2.41. The number of carbonyl (C=O) groups is 2. The molecule has 0 unspecified atom stereocenters. The Labute approximate surface area is 170 Å². The smallest absolute Gasteiger partial charge is 0.331 e. The molecule has 2 aromatic carbocycles. The number of carbonyl (C=O) groups excluding carboxylic acids is 2. The van der Waals surface area contributed by atoms with Crippen molar-refractivity contribution < 1.29 is 28.5 Å². The van der Waals surface area contributed by atoms with Crippen molar-refractivity contribution in [2.45, 2.75) is 20.0 Å². The summed E-state index contributed by atoms with van der Waals surface area (Å²) in [6.45, 7) is 3.91. The predicted octanol–water partition coefficient (Wildman–Crippen LogP) is 3.69. The average Bonchev–Trinajstić information content (AvgIpc) is 2.73. The minimum atomic E-state index is -0.955. The molecular weight excluding hydrogens is 374 g/mol. The molecule has 0 heterocycles. The van der Waals surface area contributed by atoms with Gasteiger partial charge >= 0.3 is 5.97 Å². The second kappa shape index (κ2) is 10.8. The van der Waals surface area contributed by atoms with E-state index >= 15 is 0 Å². The maximum absolute atomic E-state index is 12.2. The molecule has 0 radical (unpaired) electrons. The summed E-state index contributed by atoms with van der Waals surface area (Å²) in [5.74, 6) is 0.807. The van der Waals surface area contributed by atoms with Crippen molar-refractivity contribution >= 4 is 23.6 Å². The van der Waals surface area contributed by atoms with Crippen LogP contribution in [0.15, 0.2) is 48.5 Å².